The molecular formula is C12H24N2. The zero-order valence-electron chi connectivity index (χ0n) is 9.41. The standard InChI is InChI=1S/C12H24N2/c1-14(9-8-10-4-2-5-10)12-7-3-6-11(12)13/h10-12H,2-9,13H2,1H3. The van der Waals surface area contributed by atoms with E-state index in [1.54, 1.807) is 0 Å². The molecule has 2 aliphatic carbocycles. The summed E-state index contributed by atoms with van der Waals surface area (Å²) < 4.78 is 0. The summed E-state index contributed by atoms with van der Waals surface area (Å²) in [7, 11) is 2.26. The van der Waals surface area contributed by atoms with Gasteiger partial charge in [-0.25, -0.2) is 0 Å². The van der Waals surface area contributed by atoms with Gasteiger partial charge in [-0.1, -0.05) is 25.7 Å². The first-order chi connectivity index (χ1) is 6.77. The Bertz CT molecular complexity index is 177. The van der Waals surface area contributed by atoms with Crippen molar-refractivity contribution in [3.63, 3.8) is 0 Å². The highest BCUT2D eigenvalue weighted by Crippen LogP contribution is 2.30. The van der Waals surface area contributed by atoms with Gasteiger partial charge in [0.1, 0.15) is 0 Å². The third kappa shape index (κ3) is 2.29. The van der Waals surface area contributed by atoms with E-state index in [2.05, 4.69) is 11.9 Å². The van der Waals surface area contributed by atoms with E-state index < -0.39 is 0 Å². The number of likely N-dealkylation sites (N-methyl/N-ethyl adjacent to an activating group) is 1. The van der Waals surface area contributed by atoms with Crippen molar-refractivity contribution in [3.05, 3.63) is 0 Å². The van der Waals surface area contributed by atoms with Crippen LogP contribution in [-0.4, -0.2) is 30.6 Å². The highest BCUT2D eigenvalue weighted by Gasteiger charge is 2.28. The molecule has 0 aromatic carbocycles. The minimum Gasteiger partial charge on any atom is -0.326 e. The fourth-order valence-corrected chi connectivity index (χ4v) is 2.85. The number of hydrogen-bond donors (Lipinski definition) is 1. The van der Waals surface area contributed by atoms with Gasteiger partial charge in [0.25, 0.3) is 0 Å². The van der Waals surface area contributed by atoms with E-state index in [4.69, 9.17) is 5.73 Å². The first kappa shape index (κ1) is 10.4. The molecular weight excluding hydrogens is 172 g/mol. The maximum Gasteiger partial charge on any atom is 0.0244 e. The normalized spacial score (nSPS) is 33.6. The Morgan fingerprint density at radius 1 is 1.14 bits per heavy atom. The predicted molar refractivity (Wildman–Crippen MR) is 60.2 cm³/mol. The van der Waals surface area contributed by atoms with Gasteiger partial charge in [-0.3, -0.25) is 0 Å². The van der Waals surface area contributed by atoms with Crippen molar-refractivity contribution in [1.29, 1.82) is 0 Å². The number of nitrogens with zero attached hydrogens (tertiary/aromatic N) is 1. The fourth-order valence-electron chi connectivity index (χ4n) is 2.85. The van der Waals surface area contributed by atoms with E-state index in [1.807, 2.05) is 0 Å². The van der Waals surface area contributed by atoms with Crippen LogP contribution < -0.4 is 5.73 Å². The van der Waals surface area contributed by atoms with Crippen LogP contribution in [0.4, 0.5) is 0 Å². The summed E-state index contributed by atoms with van der Waals surface area (Å²) in [6, 6.07) is 1.12. The zero-order valence-corrected chi connectivity index (χ0v) is 9.41. The summed E-state index contributed by atoms with van der Waals surface area (Å²) in [5.41, 5.74) is 6.09. The van der Waals surface area contributed by atoms with Crippen molar-refractivity contribution >= 4 is 0 Å². The molecule has 0 aromatic rings. The Morgan fingerprint density at radius 3 is 2.36 bits per heavy atom. The van der Waals surface area contributed by atoms with Gasteiger partial charge < -0.3 is 10.6 Å². The van der Waals surface area contributed by atoms with E-state index in [-0.39, 0.29) is 0 Å². The molecule has 0 aromatic heterocycles. The summed E-state index contributed by atoms with van der Waals surface area (Å²) in [5.74, 6) is 1.04. The summed E-state index contributed by atoms with van der Waals surface area (Å²) in [6.07, 6.45) is 9.71. The molecule has 82 valence electrons. The largest absolute Gasteiger partial charge is 0.326 e. The third-order valence-corrected chi connectivity index (χ3v) is 4.21. The van der Waals surface area contributed by atoms with E-state index in [1.165, 1.54) is 51.5 Å². The minimum absolute atomic E-state index is 0.446. The number of rotatable bonds is 4. The van der Waals surface area contributed by atoms with Gasteiger partial charge in [0, 0.05) is 12.1 Å². The molecule has 2 atom stereocenters. The molecule has 2 heteroatoms. The van der Waals surface area contributed by atoms with Crippen LogP contribution in [0, 0.1) is 5.92 Å². The van der Waals surface area contributed by atoms with Gasteiger partial charge in [0.05, 0.1) is 0 Å². The molecule has 2 rings (SSSR count). The first-order valence-electron chi connectivity index (χ1n) is 6.23. The highest BCUT2D eigenvalue weighted by molar-refractivity contribution is 4.87. The van der Waals surface area contributed by atoms with E-state index in [9.17, 15) is 0 Å². The minimum atomic E-state index is 0.446. The second-order valence-electron chi connectivity index (χ2n) is 5.23. The van der Waals surface area contributed by atoms with Crippen LogP contribution in [0.3, 0.4) is 0 Å². The summed E-state index contributed by atoms with van der Waals surface area (Å²) in [5, 5.41) is 0. The zero-order chi connectivity index (χ0) is 9.97. The molecule has 0 saturated heterocycles. The highest BCUT2D eigenvalue weighted by atomic mass is 15.1. The molecule has 2 N–H and O–H groups in total. The molecule has 2 fully saturated rings. The Hall–Kier alpha value is -0.0800. The van der Waals surface area contributed by atoms with Gasteiger partial charge >= 0.3 is 0 Å². The van der Waals surface area contributed by atoms with Crippen molar-refractivity contribution in [2.24, 2.45) is 11.7 Å². The van der Waals surface area contributed by atoms with E-state index in [0.717, 1.165) is 5.92 Å². The SMILES string of the molecule is CN(CCC1CCC1)C1CCCC1N. The molecule has 0 spiro atoms. The number of nitrogens with two attached hydrogens (primary N) is 1. The molecule has 0 aliphatic heterocycles. The summed E-state index contributed by atoms with van der Waals surface area (Å²) in [6.45, 7) is 1.27. The summed E-state index contributed by atoms with van der Waals surface area (Å²) >= 11 is 0. The lowest BCUT2D eigenvalue weighted by molar-refractivity contribution is 0.188. The lowest BCUT2D eigenvalue weighted by atomic mass is 9.83. The first-order valence-corrected chi connectivity index (χ1v) is 6.23. The van der Waals surface area contributed by atoms with Crippen LogP contribution in [0.25, 0.3) is 0 Å². The van der Waals surface area contributed by atoms with Gasteiger partial charge in [0.15, 0.2) is 0 Å². The lowest BCUT2D eigenvalue weighted by Crippen LogP contribution is -2.43. The van der Waals surface area contributed by atoms with Crippen LogP contribution in [0.5, 0.6) is 0 Å². The third-order valence-electron chi connectivity index (χ3n) is 4.21. The quantitative estimate of drug-likeness (QED) is 0.745. The second kappa shape index (κ2) is 4.63. The van der Waals surface area contributed by atoms with E-state index >= 15 is 0 Å². The maximum absolute atomic E-state index is 6.09. The average molecular weight is 196 g/mol. The van der Waals surface area contributed by atoms with Gasteiger partial charge in [-0.05, 0) is 38.8 Å². The van der Waals surface area contributed by atoms with Crippen LogP contribution in [0.1, 0.15) is 44.9 Å². The Labute approximate surface area is 87.8 Å². The molecule has 2 saturated carbocycles. The Kier molecular flexibility index (Phi) is 3.45. The maximum atomic E-state index is 6.09. The molecule has 2 aliphatic rings. The van der Waals surface area contributed by atoms with Gasteiger partial charge in [0.2, 0.25) is 0 Å². The van der Waals surface area contributed by atoms with E-state index in [0.29, 0.717) is 12.1 Å². The van der Waals surface area contributed by atoms with Crippen LogP contribution in [0.15, 0.2) is 0 Å². The van der Waals surface area contributed by atoms with Crippen molar-refractivity contribution in [1.82, 2.24) is 4.90 Å². The monoisotopic (exact) mass is 196 g/mol. The predicted octanol–water partition coefficient (Wildman–Crippen LogP) is 1.99. The summed E-state index contributed by atoms with van der Waals surface area (Å²) in [4.78, 5) is 2.51. The number of hydrogen-bond acceptors (Lipinski definition) is 2. The molecule has 0 bridgehead atoms. The Morgan fingerprint density at radius 2 is 1.86 bits per heavy atom. The fraction of sp³-hybridized carbons (Fsp3) is 1.00. The van der Waals surface area contributed by atoms with Crippen molar-refractivity contribution in [2.75, 3.05) is 13.6 Å². The van der Waals surface area contributed by atoms with Gasteiger partial charge in [-0.2, -0.15) is 0 Å². The smallest absolute Gasteiger partial charge is 0.0244 e. The molecule has 14 heavy (non-hydrogen) atoms. The molecule has 2 nitrogen and oxygen atoms in total. The van der Waals surface area contributed by atoms with Crippen molar-refractivity contribution in [3.8, 4) is 0 Å². The average Bonchev–Trinajstić information content (AvgIpc) is 2.48. The molecule has 0 radical (unpaired) electrons. The molecule has 0 amide bonds. The second-order valence-corrected chi connectivity index (χ2v) is 5.23. The Balaban J connectivity index is 1.68. The lowest BCUT2D eigenvalue weighted by Gasteiger charge is -2.31. The van der Waals surface area contributed by atoms with Gasteiger partial charge in [-0.15, -0.1) is 0 Å². The van der Waals surface area contributed by atoms with Crippen LogP contribution in [-0.2, 0) is 0 Å². The van der Waals surface area contributed by atoms with Crippen molar-refractivity contribution < 1.29 is 0 Å². The van der Waals surface area contributed by atoms with Crippen LogP contribution in [0.2, 0.25) is 0 Å². The van der Waals surface area contributed by atoms with Crippen molar-refractivity contribution in [2.45, 2.75) is 57.0 Å². The topological polar surface area (TPSA) is 29.3 Å². The molecule has 0 heterocycles. The van der Waals surface area contributed by atoms with Crippen LogP contribution >= 0.6 is 0 Å². The molecule has 2 unspecified atom stereocenters.